The maximum Gasteiger partial charge on any atom is 0.265 e. The number of nitriles is 1. The van der Waals surface area contributed by atoms with Crippen molar-refractivity contribution in [3.8, 4) is 11.8 Å². The average Bonchev–Trinajstić information content (AvgIpc) is 2.49. The topological polar surface area (TPSA) is 75.0 Å². The summed E-state index contributed by atoms with van der Waals surface area (Å²) in [4.78, 5) is 15.8. The zero-order valence-corrected chi connectivity index (χ0v) is 10.9. The Balaban J connectivity index is 1.95. The average molecular weight is 267 g/mol. The van der Waals surface area contributed by atoms with Crippen LogP contribution in [0.1, 0.15) is 12.5 Å². The molecule has 0 aliphatic heterocycles. The van der Waals surface area contributed by atoms with Crippen molar-refractivity contribution < 1.29 is 9.53 Å². The van der Waals surface area contributed by atoms with E-state index in [-0.39, 0.29) is 5.91 Å². The molecule has 0 radical (unpaired) electrons. The van der Waals surface area contributed by atoms with E-state index in [1.807, 2.05) is 6.07 Å². The van der Waals surface area contributed by atoms with Crippen LogP contribution in [0.15, 0.2) is 48.8 Å². The molecular formula is C15H13N3O2. The Kier molecular flexibility index (Phi) is 4.30. The van der Waals surface area contributed by atoms with Crippen molar-refractivity contribution in [2.75, 3.05) is 5.32 Å². The maximum absolute atomic E-state index is 11.9. The first kappa shape index (κ1) is 13.6. The molecule has 0 saturated carbocycles. The molecule has 1 atom stereocenters. The number of anilines is 1. The number of hydrogen-bond donors (Lipinski definition) is 1. The third-order valence-corrected chi connectivity index (χ3v) is 2.59. The number of carbonyl (C=O) groups excluding carboxylic acids is 1. The number of carbonyl (C=O) groups is 1. The van der Waals surface area contributed by atoms with Crippen LogP contribution in [-0.2, 0) is 4.79 Å². The highest BCUT2D eigenvalue weighted by molar-refractivity contribution is 5.93. The van der Waals surface area contributed by atoms with Gasteiger partial charge < -0.3 is 10.1 Å². The van der Waals surface area contributed by atoms with Crippen molar-refractivity contribution in [2.24, 2.45) is 0 Å². The minimum Gasteiger partial charge on any atom is -0.481 e. The van der Waals surface area contributed by atoms with Crippen LogP contribution in [0.5, 0.6) is 5.75 Å². The van der Waals surface area contributed by atoms with Gasteiger partial charge in [-0.25, -0.2) is 0 Å². The van der Waals surface area contributed by atoms with E-state index in [4.69, 9.17) is 10.00 Å². The molecule has 2 aromatic rings. The largest absolute Gasteiger partial charge is 0.481 e. The molecule has 5 heteroatoms. The summed E-state index contributed by atoms with van der Waals surface area (Å²) in [5, 5.41) is 11.4. The van der Waals surface area contributed by atoms with E-state index in [0.29, 0.717) is 17.0 Å². The van der Waals surface area contributed by atoms with Gasteiger partial charge in [0.15, 0.2) is 6.10 Å². The number of nitrogens with zero attached hydrogens (tertiary/aromatic N) is 2. The van der Waals surface area contributed by atoms with Crippen LogP contribution < -0.4 is 10.1 Å². The first-order valence-corrected chi connectivity index (χ1v) is 6.07. The van der Waals surface area contributed by atoms with Crippen LogP contribution >= 0.6 is 0 Å². The summed E-state index contributed by atoms with van der Waals surface area (Å²) >= 11 is 0. The number of pyridine rings is 1. The van der Waals surface area contributed by atoms with Crippen LogP contribution in [0.25, 0.3) is 0 Å². The lowest BCUT2D eigenvalue weighted by molar-refractivity contribution is -0.122. The Labute approximate surface area is 116 Å². The zero-order valence-electron chi connectivity index (χ0n) is 10.9. The maximum atomic E-state index is 11.9. The van der Waals surface area contributed by atoms with Crippen LogP contribution in [0, 0.1) is 11.3 Å². The lowest BCUT2D eigenvalue weighted by Crippen LogP contribution is -2.30. The van der Waals surface area contributed by atoms with Gasteiger partial charge in [0.25, 0.3) is 5.91 Å². The van der Waals surface area contributed by atoms with Crippen molar-refractivity contribution in [2.45, 2.75) is 13.0 Å². The number of aromatic nitrogens is 1. The molecule has 0 bridgehead atoms. The van der Waals surface area contributed by atoms with Crippen LogP contribution in [-0.4, -0.2) is 17.0 Å². The molecular weight excluding hydrogens is 254 g/mol. The number of hydrogen-bond acceptors (Lipinski definition) is 4. The van der Waals surface area contributed by atoms with Gasteiger partial charge in [0, 0.05) is 6.20 Å². The van der Waals surface area contributed by atoms with E-state index < -0.39 is 6.10 Å². The second-order valence-corrected chi connectivity index (χ2v) is 4.13. The molecule has 1 aromatic carbocycles. The van der Waals surface area contributed by atoms with E-state index in [2.05, 4.69) is 10.3 Å². The van der Waals surface area contributed by atoms with E-state index in [9.17, 15) is 4.79 Å². The third-order valence-electron chi connectivity index (χ3n) is 2.59. The third kappa shape index (κ3) is 3.56. The lowest BCUT2D eigenvalue weighted by atomic mass is 10.2. The molecule has 20 heavy (non-hydrogen) atoms. The van der Waals surface area contributed by atoms with Gasteiger partial charge >= 0.3 is 0 Å². The summed E-state index contributed by atoms with van der Waals surface area (Å²) in [6, 6.07) is 12.1. The lowest BCUT2D eigenvalue weighted by Gasteiger charge is -2.14. The first-order valence-electron chi connectivity index (χ1n) is 6.07. The van der Waals surface area contributed by atoms with E-state index in [1.165, 1.54) is 0 Å². The van der Waals surface area contributed by atoms with Crippen molar-refractivity contribution in [3.63, 3.8) is 0 Å². The number of rotatable bonds is 4. The minimum atomic E-state index is -0.650. The molecule has 0 fully saturated rings. The highest BCUT2D eigenvalue weighted by atomic mass is 16.5. The van der Waals surface area contributed by atoms with Crippen molar-refractivity contribution in [1.82, 2.24) is 4.98 Å². The van der Waals surface area contributed by atoms with E-state index in [1.54, 1.807) is 55.7 Å². The molecule has 2 rings (SSSR count). The Hall–Kier alpha value is -2.87. The monoisotopic (exact) mass is 267 g/mol. The number of amides is 1. The van der Waals surface area contributed by atoms with Gasteiger partial charge in [-0.2, -0.15) is 5.26 Å². The Morgan fingerprint density at radius 1 is 1.35 bits per heavy atom. The second-order valence-electron chi connectivity index (χ2n) is 4.13. The highest BCUT2D eigenvalue weighted by Crippen LogP contribution is 2.14. The van der Waals surface area contributed by atoms with Crippen LogP contribution in [0.2, 0.25) is 0 Å². The zero-order chi connectivity index (χ0) is 14.4. The van der Waals surface area contributed by atoms with Gasteiger partial charge in [-0.1, -0.05) is 0 Å². The molecule has 1 heterocycles. The Bertz CT molecular complexity index is 618. The summed E-state index contributed by atoms with van der Waals surface area (Å²) in [5.41, 5.74) is 1.16. The van der Waals surface area contributed by atoms with Gasteiger partial charge in [-0.15, -0.1) is 0 Å². The van der Waals surface area contributed by atoms with Gasteiger partial charge in [-0.05, 0) is 43.3 Å². The quantitative estimate of drug-likeness (QED) is 0.922. The van der Waals surface area contributed by atoms with Gasteiger partial charge in [0.1, 0.15) is 5.75 Å². The molecule has 0 aliphatic carbocycles. The van der Waals surface area contributed by atoms with E-state index >= 15 is 0 Å². The fourth-order valence-electron chi connectivity index (χ4n) is 1.55. The van der Waals surface area contributed by atoms with Crippen LogP contribution in [0.3, 0.4) is 0 Å². The first-order chi connectivity index (χ1) is 9.69. The summed E-state index contributed by atoms with van der Waals surface area (Å²) in [5.74, 6) is 0.278. The summed E-state index contributed by atoms with van der Waals surface area (Å²) in [6.07, 6.45) is 2.54. The molecule has 100 valence electrons. The van der Waals surface area contributed by atoms with E-state index in [0.717, 1.165) is 0 Å². The molecule has 0 saturated heterocycles. The minimum absolute atomic E-state index is 0.262. The smallest absolute Gasteiger partial charge is 0.265 e. The number of nitrogens with one attached hydrogen (secondary N) is 1. The molecule has 5 nitrogen and oxygen atoms in total. The summed E-state index contributed by atoms with van der Waals surface area (Å²) < 4.78 is 5.51. The predicted octanol–water partition coefficient (Wildman–Crippen LogP) is 2.36. The molecule has 1 N–H and O–H groups in total. The fraction of sp³-hybridized carbons (Fsp3) is 0.133. The number of ether oxygens (including phenoxy) is 1. The van der Waals surface area contributed by atoms with Gasteiger partial charge in [-0.3, -0.25) is 9.78 Å². The van der Waals surface area contributed by atoms with Crippen molar-refractivity contribution in [3.05, 3.63) is 54.4 Å². The van der Waals surface area contributed by atoms with Gasteiger partial charge in [0.05, 0.1) is 23.5 Å². The normalized spacial score (nSPS) is 11.2. The van der Waals surface area contributed by atoms with Gasteiger partial charge in [0.2, 0.25) is 0 Å². The SMILES string of the molecule is CC(Oc1ccc(C#N)cc1)C(=O)Nc1cccnc1. The Morgan fingerprint density at radius 2 is 2.10 bits per heavy atom. The van der Waals surface area contributed by atoms with Crippen LogP contribution in [0.4, 0.5) is 5.69 Å². The Morgan fingerprint density at radius 3 is 2.70 bits per heavy atom. The van der Waals surface area contributed by atoms with Crippen molar-refractivity contribution in [1.29, 1.82) is 5.26 Å². The molecule has 0 aliphatic rings. The summed E-state index contributed by atoms with van der Waals surface area (Å²) in [6.45, 7) is 1.66. The van der Waals surface area contributed by atoms with Crippen molar-refractivity contribution >= 4 is 11.6 Å². The molecule has 1 amide bonds. The predicted molar refractivity (Wildman–Crippen MR) is 74.1 cm³/mol. The highest BCUT2D eigenvalue weighted by Gasteiger charge is 2.14. The molecule has 1 unspecified atom stereocenters. The molecule has 0 spiro atoms. The fourth-order valence-corrected chi connectivity index (χ4v) is 1.55. The standard InChI is InChI=1S/C15H13N3O2/c1-11(15(19)18-13-3-2-8-17-10-13)20-14-6-4-12(9-16)5-7-14/h2-8,10-11H,1H3,(H,18,19). The summed E-state index contributed by atoms with van der Waals surface area (Å²) in [7, 11) is 0. The molecule has 1 aromatic heterocycles. The number of benzene rings is 1. The second kappa shape index (κ2) is 6.34.